The second kappa shape index (κ2) is 9.86. The van der Waals surface area contributed by atoms with Crippen molar-refractivity contribution in [3.63, 3.8) is 0 Å². The summed E-state index contributed by atoms with van der Waals surface area (Å²) >= 11 is 7.30. The lowest BCUT2D eigenvalue weighted by atomic mass is 9.86. The number of rotatable bonds is 5. The Morgan fingerprint density at radius 2 is 1.79 bits per heavy atom. The highest BCUT2D eigenvalue weighted by atomic mass is 79.9. The van der Waals surface area contributed by atoms with Crippen molar-refractivity contribution in [1.82, 2.24) is 24.5 Å². The van der Waals surface area contributed by atoms with Gasteiger partial charge in [0, 0.05) is 41.9 Å². The van der Waals surface area contributed by atoms with E-state index in [0.717, 1.165) is 69.3 Å². The maximum atomic E-state index is 11.0. The molecule has 5 aromatic rings. The van der Waals surface area contributed by atoms with Crippen LogP contribution in [0.25, 0.3) is 33.2 Å². The zero-order chi connectivity index (χ0) is 26.6. The number of fused-ring (bicyclic) bond motifs is 3. The van der Waals surface area contributed by atoms with Crippen molar-refractivity contribution in [2.75, 3.05) is 13.2 Å². The van der Waals surface area contributed by atoms with E-state index in [1.807, 2.05) is 27.1 Å². The molecule has 0 bridgehead atoms. The van der Waals surface area contributed by atoms with Gasteiger partial charge in [-0.25, -0.2) is 4.68 Å². The Hall–Kier alpha value is -2.59. The maximum Gasteiger partial charge on any atom is 0.156 e. The van der Waals surface area contributed by atoms with Gasteiger partial charge < -0.3 is 14.4 Å². The molecule has 1 atom stereocenters. The quantitative estimate of drug-likeness (QED) is 0.230. The fourth-order valence-corrected chi connectivity index (χ4v) is 7.16. The van der Waals surface area contributed by atoms with Crippen LogP contribution in [0.2, 0.25) is 0 Å². The maximum absolute atomic E-state index is 11.0. The van der Waals surface area contributed by atoms with E-state index in [9.17, 15) is 5.11 Å². The molecule has 0 radical (unpaired) electrons. The highest BCUT2D eigenvalue weighted by Crippen LogP contribution is 2.43. The third-order valence-corrected chi connectivity index (χ3v) is 8.77. The number of benzene rings is 2. The average Bonchev–Trinajstić information content (AvgIpc) is 3.40. The minimum atomic E-state index is -1.01. The first-order valence-corrected chi connectivity index (χ1v) is 14.4. The molecule has 6 rings (SSSR count). The standard InChI is InChI=1S/C29H29Br2N5O2/c1-29(2,37)21-15-23-20(14-22(21)30)25-24(13-19(16-32-25)27-28(31)33-34-35(27)3)36(23)26(17-7-5-4-6-8-17)18-9-11-38-12-10-18/h4-8,13-16,18,26,37H,9-12H2,1-3H3. The molecule has 196 valence electrons. The highest BCUT2D eigenvalue weighted by Gasteiger charge is 2.31. The molecular formula is C29H29Br2N5O2. The van der Waals surface area contributed by atoms with Crippen LogP contribution in [0.1, 0.15) is 43.9 Å². The molecule has 0 spiro atoms. The van der Waals surface area contributed by atoms with Crippen LogP contribution in [0.4, 0.5) is 0 Å². The zero-order valence-corrected chi connectivity index (χ0v) is 24.7. The van der Waals surface area contributed by atoms with Crippen LogP contribution in [0.15, 0.2) is 63.8 Å². The Morgan fingerprint density at radius 3 is 2.45 bits per heavy atom. The van der Waals surface area contributed by atoms with Crippen LogP contribution in [0, 0.1) is 5.92 Å². The van der Waals surface area contributed by atoms with Gasteiger partial charge in [-0.15, -0.1) is 5.10 Å². The van der Waals surface area contributed by atoms with Crippen LogP contribution < -0.4 is 0 Å². The smallest absolute Gasteiger partial charge is 0.156 e. The molecule has 0 aliphatic carbocycles. The predicted molar refractivity (Wildman–Crippen MR) is 156 cm³/mol. The van der Waals surface area contributed by atoms with Crippen molar-refractivity contribution < 1.29 is 9.84 Å². The van der Waals surface area contributed by atoms with Crippen molar-refractivity contribution in [3.8, 4) is 11.3 Å². The molecule has 3 aromatic heterocycles. The number of pyridine rings is 1. The van der Waals surface area contributed by atoms with E-state index in [4.69, 9.17) is 9.72 Å². The lowest BCUT2D eigenvalue weighted by molar-refractivity contribution is 0.0552. The summed E-state index contributed by atoms with van der Waals surface area (Å²) in [5.41, 5.74) is 5.88. The first-order chi connectivity index (χ1) is 18.2. The lowest BCUT2D eigenvalue weighted by Gasteiger charge is -2.33. The van der Waals surface area contributed by atoms with Gasteiger partial charge in [0.2, 0.25) is 0 Å². The van der Waals surface area contributed by atoms with E-state index in [1.165, 1.54) is 5.56 Å². The fraction of sp³-hybridized carbons (Fsp3) is 0.345. The molecule has 4 heterocycles. The van der Waals surface area contributed by atoms with Crippen LogP contribution in [0.5, 0.6) is 0 Å². The predicted octanol–water partition coefficient (Wildman–Crippen LogP) is 6.75. The van der Waals surface area contributed by atoms with Crippen LogP contribution >= 0.6 is 31.9 Å². The second-order valence-electron chi connectivity index (χ2n) is 10.5. The number of aryl methyl sites for hydroxylation is 1. The summed E-state index contributed by atoms with van der Waals surface area (Å²) in [6.07, 6.45) is 3.83. The monoisotopic (exact) mass is 637 g/mol. The number of hydrogen-bond acceptors (Lipinski definition) is 5. The molecule has 0 saturated carbocycles. The summed E-state index contributed by atoms with van der Waals surface area (Å²) < 4.78 is 11.5. The van der Waals surface area contributed by atoms with E-state index < -0.39 is 5.60 Å². The number of aromatic nitrogens is 5. The zero-order valence-electron chi connectivity index (χ0n) is 21.5. The molecular weight excluding hydrogens is 610 g/mol. The van der Waals surface area contributed by atoms with Gasteiger partial charge in [-0.05, 0) is 77.9 Å². The second-order valence-corrected chi connectivity index (χ2v) is 12.1. The molecule has 9 heteroatoms. The molecule has 1 unspecified atom stereocenters. The lowest BCUT2D eigenvalue weighted by Crippen LogP contribution is -2.27. The number of nitrogens with zero attached hydrogens (tertiary/aromatic N) is 5. The van der Waals surface area contributed by atoms with Gasteiger partial charge >= 0.3 is 0 Å². The topological polar surface area (TPSA) is 78.0 Å². The van der Waals surface area contributed by atoms with Gasteiger partial charge in [-0.2, -0.15) is 0 Å². The molecule has 1 N–H and O–H groups in total. The molecule has 1 aliphatic rings. The molecule has 1 saturated heterocycles. The van der Waals surface area contributed by atoms with E-state index in [-0.39, 0.29) is 6.04 Å². The van der Waals surface area contributed by atoms with E-state index >= 15 is 0 Å². The first kappa shape index (κ1) is 25.7. The molecule has 38 heavy (non-hydrogen) atoms. The minimum absolute atomic E-state index is 0.0704. The minimum Gasteiger partial charge on any atom is -0.386 e. The average molecular weight is 639 g/mol. The summed E-state index contributed by atoms with van der Waals surface area (Å²) in [6.45, 7) is 5.15. The Balaban J connectivity index is 1.72. The number of aliphatic hydroxyl groups is 1. The molecule has 2 aromatic carbocycles. The molecule has 1 fully saturated rings. The number of hydrogen-bond donors (Lipinski definition) is 1. The summed E-state index contributed by atoms with van der Waals surface area (Å²) in [5, 5.41) is 20.5. The highest BCUT2D eigenvalue weighted by molar-refractivity contribution is 9.10. The van der Waals surface area contributed by atoms with Crippen LogP contribution in [-0.4, -0.2) is 42.9 Å². The van der Waals surface area contributed by atoms with Gasteiger partial charge in [0.05, 0.1) is 28.2 Å². The Morgan fingerprint density at radius 1 is 1.05 bits per heavy atom. The van der Waals surface area contributed by atoms with Gasteiger partial charge in [-0.1, -0.05) is 51.5 Å². The van der Waals surface area contributed by atoms with E-state index in [0.29, 0.717) is 10.5 Å². The number of halogens is 2. The van der Waals surface area contributed by atoms with Crippen molar-refractivity contribution >= 4 is 53.8 Å². The summed E-state index contributed by atoms with van der Waals surface area (Å²) in [4.78, 5) is 5.00. The van der Waals surface area contributed by atoms with Gasteiger partial charge in [-0.3, -0.25) is 4.98 Å². The summed E-state index contributed by atoms with van der Waals surface area (Å²) in [5.74, 6) is 0.382. The Bertz CT molecular complexity index is 1610. The van der Waals surface area contributed by atoms with Crippen LogP contribution in [-0.2, 0) is 17.4 Å². The largest absolute Gasteiger partial charge is 0.386 e. The first-order valence-electron chi connectivity index (χ1n) is 12.8. The third kappa shape index (κ3) is 4.39. The van der Waals surface area contributed by atoms with E-state index in [1.54, 1.807) is 4.68 Å². The van der Waals surface area contributed by atoms with Crippen molar-refractivity contribution in [2.45, 2.75) is 38.3 Å². The van der Waals surface area contributed by atoms with Crippen molar-refractivity contribution in [3.05, 3.63) is 74.9 Å². The van der Waals surface area contributed by atoms with Gasteiger partial charge in [0.1, 0.15) is 5.69 Å². The molecule has 1 aliphatic heterocycles. The Kier molecular flexibility index (Phi) is 6.66. The Labute approximate surface area is 238 Å². The molecule has 0 amide bonds. The normalized spacial score (nSPS) is 15.9. The SMILES string of the molecule is Cn1nnc(Br)c1-c1cnc2c3cc(Br)c(C(C)(C)O)cc3n(C(c3ccccc3)C3CCOCC3)c2c1. The fourth-order valence-electron chi connectivity index (χ4n) is 5.77. The van der Waals surface area contributed by atoms with Crippen molar-refractivity contribution in [1.29, 1.82) is 0 Å². The van der Waals surface area contributed by atoms with Crippen LogP contribution in [0.3, 0.4) is 0 Å². The summed E-state index contributed by atoms with van der Waals surface area (Å²) in [6, 6.07) is 17.2. The number of ether oxygens (including phenoxy) is 1. The van der Waals surface area contributed by atoms with Crippen molar-refractivity contribution in [2.24, 2.45) is 13.0 Å². The van der Waals surface area contributed by atoms with Gasteiger partial charge in [0.25, 0.3) is 0 Å². The van der Waals surface area contributed by atoms with E-state index in [2.05, 4.69) is 95.3 Å². The van der Waals surface area contributed by atoms with Gasteiger partial charge in [0.15, 0.2) is 4.60 Å². The molecule has 7 nitrogen and oxygen atoms in total. The third-order valence-electron chi connectivity index (χ3n) is 7.58. The summed E-state index contributed by atoms with van der Waals surface area (Å²) in [7, 11) is 1.88.